The summed E-state index contributed by atoms with van der Waals surface area (Å²) in [6.45, 7) is 13.4. The molecule has 0 amide bonds. The Morgan fingerprint density at radius 2 is 1.91 bits per heavy atom. The van der Waals surface area contributed by atoms with Gasteiger partial charge in [-0.2, -0.15) is 12.6 Å². The van der Waals surface area contributed by atoms with Gasteiger partial charge in [-0.3, -0.25) is 0 Å². The zero-order chi connectivity index (χ0) is 18.0. The summed E-state index contributed by atoms with van der Waals surface area (Å²) < 4.78 is 20.0. The Labute approximate surface area is 145 Å². The average molecular weight is 336 g/mol. The molecule has 2 N–H and O–H groups in total. The highest BCUT2D eigenvalue weighted by molar-refractivity contribution is 7.81. The fraction of sp³-hybridized carbons (Fsp3) is 0.471. The number of rotatable bonds is 6. The van der Waals surface area contributed by atoms with Gasteiger partial charge in [-0.05, 0) is 57.8 Å². The molecule has 1 rings (SSSR count). The van der Waals surface area contributed by atoms with Crippen LogP contribution in [0.4, 0.5) is 4.39 Å². The molecule has 0 heterocycles. The van der Waals surface area contributed by atoms with Gasteiger partial charge in [0.05, 0.1) is 16.9 Å². The first-order valence-corrected chi connectivity index (χ1v) is 7.96. The monoisotopic (exact) mass is 336 g/mol. The van der Waals surface area contributed by atoms with Crippen LogP contribution in [-0.4, -0.2) is 30.6 Å². The molecule has 0 unspecified atom stereocenters. The third-order valence-electron chi connectivity index (χ3n) is 4.15. The smallest absolute Gasteiger partial charge is 0.309 e. The van der Waals surface area contributed by atoms with Crippen LogP contribution in [0.25, 0.3) is 0 Å². The van der Waals surface area contributed by atoms with E-state index >= 15 is 0 Å². The Balaban J connectivity index is 3.02. The molecule has 1 aliphatic rings. The molecule has 0 aromatic carbocycles. The molecule has 0 bridgehead atoms. The molecule has 0 fully saturated rings. The van der Waals surface area contributed by atoms with E-state index in [4.69, 9.17) is 10.1 Å². The van der Waals surface area contributed by atoms with Crippen LogP contribution in [0, 0.1) is 5.41 Å². The van der Waals surface area contributed by atoms with E-state index in [2.05, 4.69) is 24.5 Å². The van der Waals surface area contributed by atoms with Crippen LogP contribution in [0.1, 0.15) is 34.6 Å². The van der Waals surface area contributed by atoms with E-state index in [0.29, 0.717) is 16.7 Å². The maximum absolute atomic E-state index is 14.5. The van der Waals surface area contributed by atoms with Gasteiger partial charge in [0, 0.05) is 17.5 Å². The second-order valence-electron chi connectivity index (χ2n) is 6.76. The zero-order valence-corrected chi connectivity index (χ0v) is 15.7. The number of hydrogen-bond acceptors (Lipinski definition) is 4. The van der Waals surface area contributed by atoms with Gasteiger partial charge in [-0.1, -0.05) is 6.58 Å². The van der Waals surface area contributed by atoms with Gasteiger partial charge in [-0.15, -0.1) is 0 Å². The van der Waals surface area contributed by atoms with E-state index in [0.717, 1.165) is 0 Å². The minimum Gasteiger partial charge on any atom is -0.428 e. The van der Waals surface area contributed by atoms with E-state index in [9.17, 15) is 4.39 Å². The fourth-order valence-corrected chi connectivity index (χ4v) is 2.06. The highest BCUT2D eigenvalue weighted by Crippen LogP contribution is 2.32. The molecular formula is C17H26BFN2OS. The molecule has 126 valence electrons. The van der Waals surface area contributed by atoms with Crippen LogP contribution in [0.5, 0.6) is 0 Å². The van der Waals surface area contributed by atoms with Gasteiger partial charge in [0.15, 0.2) is 0 Å². The molecule has 0 radical (unpaired) electrons. The van der Waals surface area contributed by atoms with Crippen LogP contribution in [-0.2, 0) is 4.65 Å². The van der Waals surface area contributed by atoms with Crippen molar-refractivity contribution in [1.82, 2.24) is 5.32 Å². The first-order valence-electron chi connectivity index (χ1n) is 7.52. The summed E-state index contributed by atoms with van der Waals surface area (Å²) in [5, 5.41) is 11.0. The Morgan fingerprint density at radius 3 is 2.30 bits per heavy atom. The lowest BCUT2D eigenvalue weighted by Crippen LogP contribution is -2.44. The molecular weight excluding hydrogens is 310 g/mol. The summed E-state index contributed by atoms with van der Waals surface area (Å²) in [5.74, 6) is -0.452. The van der Waals surface area contributed by atoms with Crippen LogP contribution in [0.15, 0.2) is 46.9 Å². The summed E-state index contributed by atoms with van der Waals surface area (Å²) in [6, 6.07) is 0. The Kier molecular flexibility index (Phi) is 6.10. The molecule has 0 saturated heterocycles. The third kappa shape index (κ3) is 4.61. The van der Waals surface area contributed by atoms with E-state index in [1.165, 1.54) is 6.08 Å². The quantitative estimate of drug-likeness (QED) is 0.512. The van der Waals surface area contributed by atoms with Gasteiger partial charge < -0.3 is 15.4 Å². The van der Waals surface area contributed by atoms with Crippen molar-refractivity contribution in [2.24, 2.45) is 0 Å². The minimum absolute atomic E-state index is 0.110. The Hall–Kier alpha value is -1.27. The number of allylic oxidation sites excluding steroid dienone is 6. The van der Waals surface area contributed by atoms with E-state index < -0.39 is 11.4 Å². The average Bonchev–Trinajstić information content (AvgIpc) is 2.38. The summed E-state index contributed by atoms with van der Waals surface area (Å²) in [6.07, 6.45) is 3.04. The molecule has 0 aromatic rings. The van der Waals surface area contributed by atoms with Gasteiger partial charge >= 0.3 is 7.48 Å². The lowest BCUT2D eigenvalue weighted by molar-refractivity contribution is 0.0846. The maximum atomic E-state index is 14.5. The summed E-state index contributed by atoms with van der Waals surface area (Å²) in [7, 11) is 1.92. The topological polar surface area (TPSA) is 45.1 Å². The second kappa shape index (κ2) is 7.10. The SMILES string of the molecule is C=C(C)/C(NC)=C1/C(=N)C=C(BOC(C)(C)C(C)(C)S)C=C1F. The first kappa shape index (κ1) is 19.8. The van der Waals surface area contributed by atoms with Crippen molar-refractivity contribution in [2.75, 3.05) is 7.05 Å². The molecule has 0 atom stereocenters. The largest absolute Gasteiger partial charge is 0.428 e. The number of hydrogen-bond donors (Lipinski definition) is 3. The normalized spacial score (nSPS) is 18.2. The fourth-order valence-electron chi connectivity index (χ4n) is 1.99. The van der Waals surface area contributed by atoms with E-state index in [1.54, 1.807) is 20.0 Å². The third-order valence-corrected chi connectivity index (χ3v) is 4.69. The summed E-state index contributed by atoms with van der Waals surface area (Å²) >= 11 is 4.54. The first-order chi connectivity index (χ1) is 10.4. The molecule has 0 spiro atoms. The lowest BCUT2D eigenvalue weighted by atomic mass is 9.79. The highest BCUT2D eigenvalue weighted by Gasteiger charge is 2.35. The molecule has 23 heavy (non-hydrogen) atoms. The number of halogens is 1. The van der Waals surface area contributed by atoms with Gasteiger partial charge in [0.25, 0.3) is 0 Å². The van der Waals surface area contributed by atoms with Crippen LogP contribution < -0.4 is 5.32 Å². The maximum Gasteiger partial charge on any atom is 0.309 e. The van der Waals surface area contributed by atoms with Crippen molar-refractivity contribution >= 4 is 25.8 Å². The molecule has 0 aliphatic heterocycles. The lowest BCUT2D eigenvalue weighted by Gasteiger charge is -2.38. The van der Waals surface area contributed by atoms with Gasteiger partial charge in [0.1, 0.15) is 5.83 Å². The molecule has 0 saturated carbocycles. The zero-order valence-electron chi connectivity index (χ0n) is 14.8. The summed E-state index contributed by atoms with van der Waals surface area (Å²) in [5.41, 5.74) is 1.70. The predicted octanol–water partition coefficient (Wildman–Crippen LogP) is 3.66. The molecule has 1 aliphatic carbocycles. The standard InChI is InChI=1S/C17H26BFN2OS/c1-10(2)15(21-7)14-12(19)8-11(9-13(14)20)18-22-16(3,4)17(5,6)23/h8-9,18,20-21,23H,1H2,2-7H3/b15-14-,20-13?. The van der Waals surface area contributed by atoms with Crippen molar-refractivity contribution in [1.29, 1.82) is 5.41 Å². The highest BCUT2D eigenvalue weighted by atomic mass is 32.1. The van der Waals surface area contributed by atoms with Crippen molar-refractivity contribution in [2.45, 2.75) is 45.0 Å². The van der Waals surface area contributed by atoms with Crippen LogP contribution in [0.3, 0.4) is 0 Å². The van der Waals surface area contributed by atoms with Crippen molar-refractivity contribution in [3.63, 3.8) is 0 Å². The van der Waals surface area contributed by atoms with Gasteiger partial charge in [0.2, 0.25) is 0 Å². The van der Waals surface area contributed by atoms with Crippen molar-refractivity contribution < 1.29 is 9.04 Å². The predicted molar refractivity (Wildman–Crippen MR) is 101 cm³/mol. The summed E-state index contributed by atoms with van der Waals surface area (Å²) in [4.78, 5) is 0. The molecule has 6 heteroatoms. The number of likely N-dealkylation sites (N-methyl/N-ethyl adjacent to an activating group) is 1. The number of nitrogens with one attached hydrogen (secondary N) is 2. The van der Waals surface area contributed by atoms with Crippen molar-refractivity contribution in [3.8, 4) is 0 Å². The Bertz CT molecular complexity index is 613. The Morgan fingerprint density at radius 1 is 1.35 bits per heavy atom. The van der Waals surface area contributed by atoms with Crippen LogP contribution in [0.2, 0.25) is 0 Å². The van der Waals surface area contributed by atoms with E-state index in [1.807, 2.05) is 27.7 Å². The number of thiol groups is 1. The minimum atomic E-state index is -0.493. The molecule has 0 aromatic heterocycles. The van der Waals surface area contributed by atoms with Crippen LogP contribution >= 0.6 is 12.6 Å². The van der Waals surface area contributed by atoms with E-state index in [-0.39, 0.29) is 23.5 Å². The van der Waals surface area contributed by atoms with Crippen molar-refractivity contribution in [3.05, 3.63) is 46.9 Å². The molecule has 3 nitrogen and oxygen atoms in total. The second-order valence-corrected chi connectivity index (χ2v) is 7.88. The van der Waals surface area contributed by atoms with Gasteiger partial charge in [-0.25, -0.2) is 4.39 Å².